The van der Waals surface area contributed by atoms with Gasteiger partial charge in [-0.2, -0.15) is 0 Å². The van der Waals surface area contributed by atoms with Crippen molar-refractivity contribution in [1.82, 2.24) is 4.98 Å². The van der Waals surface area contributed by atoms with Gasteiger partial charge in [0, 0.05) is 22.9 Å². The molecule has 0 spiro atoms. The van der Waals surface area contributed by atoms with Crippen LogP contribution in [0.5, 0.6) is 0 Å². The number of benzene rings is 1. The second-order valence-electron chi connectivity index (χ2n) is 5.14. The standard InChI is InChI=1S/C17H15N5O3/c18-16(21-23)11-3-1-10(2-4-11)13-6-5-12(9-20-13)14-7-8-15(25-14)17(19)22-24/h1-9,23-24H,(H2,18,21)(H2,19,22). The zero-order chi connectivity index (χ0) is 17.8. The first kappa shape index (κ1) is 16.1. The Kier molecular flexibility index (Phi) is 4.34. The van der Waals surface area contributed by atoms with Gasteiger partial charge in [0.1, 0.15) is 5.76 Å². The zero-order valence-electron chi connectivity index (χ0n) is 13.0. The fourth-order valence-electron chi connectivity index (χ4n) is 2.26. The maximum atomic E-state index is 8.68. The molecule has 25 heavy (non-hydrogen) atoms. The fourth-order valence-corrected chi connectivity index (χ4v) is 2.26. The summed E-state index contributed by atoms with van der Waals surface area (Å²) >= 11 is 0. The number of furan rings is 1. The third-order valence-electron chi connectivity index (χ3n) is 3.60. The minimum absolute atomic E-state index is 0.0502. The average Bonchev–Trinajstić information content (AvgIpc) is 3.17. The van der Waals surface area contributed by atoms with Gasteiger partial charge in [0.15, 0.2) is 11.6 Å². The molecule has 0 fully saturated rings. The van der Waals surface area contributed by atoms with E-state index in [0.717, 1.165) is 16.8 Å². The van der Waals surface area contributed by atoms with E-state index in [1.54, 1.807) is 30.5 Å². The molecule has 8 nitrogen and oxygen atoms in total. The maximum absolute atomic E-state index is 8.68. The van der Waals surface area contributed by atoms with E-state index in [1.165, 1.54) is 0 Å². The molecule has 0 aliphatic carbocycles. The topological polar surface area (TPSA) is 143 Å². The number of hydrogen-bond donors (Lipinski definition) is 4. The van der Waals surface area contributed by atoms with Crippen LogP contribution in [0.1, 0.15) is 11.3 Å². The Balaban J connectivity index is 1.84. The molecule has 0 saturated heterocycles. The monoisotopic (exact) mass is 337 g/mol. The Morgan fingerprint density at radius 2 is 1.52 bits per heavy atom. The van der Waals surface area contributed by atoms with Crippen LogP contribution in [-0.2, 0) is 0 Å². The molecule has 3 aromatic rings. The molecule has 0 aliphatic heterocycles. The number of oxime groups is 2. The van der Waals surface area contributed by atoms with Crippen molar-refractivity contribution in [3.63, 3.8) is 0 Å². The van der Waals surface area contributed by atoms with Gasteiger partial charge in [-0.05, 0) is 24.3 Å². The van der Waals surface area contributed by atoms with Crippen molar-refractivity contribution >= 4 is 11.7 Å². The number of amidine groups is 2. The molecule has 1 aromatic carbocycles. The molecule has 3 rings (SSSR count). The van der Waals surface area contributed by atoms with E-state index in [1.807, 2.05) is 24.3 Å². The Labute approximate surface area is 142 Å². The Bertz CT molecular complexity index is 928. The minimum atomic E-state index is -0.0957. The predicted octanol–water partition coefficient (Wildman–Crippen LogP) is 2.20. The summed E-state index contributed by atoms with van der Waals surface area (Å²) in [6.45, 7) is 0. The first-order valence-electron chi connectivity index (χ1n) is 7.25. The number of hydrogen-bond acceptors (Lipinski definition) is 6. The summed E-state index contributed by atoms with van der Waals surface area (Å²) in [5, 5.41) is 23.2. The van der Waals surface area contributed by atoms with Gasteiger partial charge in [-0.15, -0.1) is 0 Å². The third-order valence-corrected chi connectivity index (χ3v) is 3.60. The summed E-state index contributed by atoms with van der Waals surface area (Å²) in [6.07, 6.45) is 1.67. The van der Waals surface area contributed by atoms with Crippen LogP contribution in [0.25, 0.3) is 22.6 Å². The normalized spacial score (nSPS) is 12.3. The van der Waals surface area contributed by atoms with Gasteiger partial charge < -0.3 is 26.3 Å². The van der Waals surface area contributed by atoms with Crippen molar-refractivity contribution in [3.8, 4) is 22.6 Å². The quantitative estimate of drug-likeness (QED) is 0.249. The molecule has 0 aliphatic rings. The van der Waals surface area contributed by atoms with Crippen molar-refractivity contribution in [2.75, 3.05) is 0 Å². The van der Waals surface area contributed by atoms with Crippen LogP contribution < -0.4 is 11.5 Å². The molecule has 8 heteroatoms. The third kappa shape index (κ3) is 3.27. The summed E-state index contributed by atoms with van der Waals surface area (Å²) in [5.41, 5.74) is 14.1. The van der Waals surface area contributed by atoms with Crippen molar-refractivity contribution in [1.29, 1.82) is 0 Å². The predicted molar refractivity (Wildman–Crippen MR) is 92.4 cm³/mol. The highest BCUT2D eigenvalue weighted by Crippen LogP contribution is 2.24. The largest absolute Gasteiger partial charge is 0.453 e. The van der Waals surface area contributed by atoms with E-state index < -0.39 is 0 Å². The Morgan fingerprint density at radius 3 is 2.12 bits per heavy atom. The van der Waals surface area contributed by atoms with Gasteiger partial charge in [-0.25, -0.2) is 0 Å². The Hall–Kier alpha value is -3.81. The lowest BCUT2D eigenvalue weighted by atomic mass is 10.1. The second-order valence-corrected chi connectivity index (χ2v) is 5.14. The van der Waals surface area contributed by atoms with Crippen molar-refractivity contribution < 1.29 is 14.8 Å². The van der Waals surface area contributed by atoms with Gasteiger partial charge in [0.25, 0.3) is 0 Å². The number of aromatic nitrogens is 1. The van der Waals surface area contributed by atoms with E-state index in [2.05, 4.69) is 15.3 Å². The van der Waals surface area contributed by atoms with Crippen LogP contribution in [0.3, 0.4) is 0 Å². The first-order valence-corrected chi connectivity index (χ1v) is 7.25. The molecule has 0 atom stereocenters. The summed E-state index contributed by atoms with van der Waals surface area (Å²) in [5.74, 6) is 0.791. The molecule has 6 N–H and O–H groups in total. The SMILES string of the molecule is N/C(=N\O)c1ccc(-c2ccc(-c3ccc(/C(N)=N/O)o3)cn2)cc1. The number of nitrogens with zero attached hydrogens (tertiary/aromatic N) is 3. The maximum Gasteiger partial charge on any atom is 0.205 e. The molecule has 2 aromatic heterocycles. The molecule has 2 heterocycles. The highest BCUT2D eigenvalue weighted by atomic mass is 16.4. The molecule has 0 radical (unpaired) electrons. The first-order chi connectivity index (χ1) is 12.1. The minimum Gasteiger partial charge on any atom is -0.453 e. The van der Waals surface area contributed by atoms with Crippen LogP contribution in [0, 0.1) is 0 Å². The van der Waals surface area contributed by atoms with Gasteiger partial charge in [-0.1, -0.05) is 34.6 Å². The van der Waals surface area contributed by atoms with Crippen molar-refractivity contribution in [3.05, 3.63) is 66.1 Å². The zero-order valence-corrected chi connectivity index (χ0v) is 13.0. The van der Waals surface area contributed by atoms with Gasteiger partial charge in [0.2, 0.25) is 5.84 Å². The lowest BCUT2D eigenvalue weighted by Gasteiger charge is -2.04. The second kappa shape index (κ2) is 6.75. The van der Waals surface area contributed by atoms with Gasteiger partial charge in [0.05, 0.1) is 5.69 Å². The summed E-state index contributed by atoms with van der Waals surface area (Å²) in [7, 11) is 0. The summed E-state index contributed by atoms with van der Waals surface area (Å²) < 4.78 is 5.52. The van der Waals surface area contributed by atoms with Gasteiger partial charge >= 0.3 is 0 Å². The summed E-state index contributed by atoms with van der Waals surface area (Å²) in [6, 6.07) is 14.2. The lowest BCUT2D eigenvalue weighted by molar-refractivity contribution is 0.317. The van der Waals surface area contributed by atoms with E-state index in [0.29, 0.717) is 11.3 Å². The highest BCUT2D eigenvalue weighted by Gasteiger charge is 2.09. The van der Waals surface area contributed by atoms with Crippen molar-refractivity contribution in [2.24, 2.45) is 21.8 Å². The van der Waals surface area contributed by atoms with E-state index >= 15 is 0 Å². The van der Waals surface area contributed by atoms with Crippen LogP contribution in [0.4, 0.5) is 0 Å². The molecule has 0 saturated carbocycles. The van der Waals surface area contributed by atoms with E-state index in [-0.39, 0.29) is 17.4 Å². The van der Waals surface area contributed by atoms with E-state index in [4.69, 9.17) is 26.3 Å². The fraction of sp³-hybridized carbons (Fsp3) is 0. The molecular weight excluding hydrogens is 322 g/mol. The van der Waals surface area contributed by atoms with Crippen molar-refractivity contribution in [2.45, 2.75) is 0 Å². The highest BCUT2D eigenvalue weighted by molar-refractivity contribution is 5.97. The lowest BCUT2D eigenvalue weighted by Crippen LogP contribution is -2.12. The van der Waals surface area contributed by atoms with Crippen LogP contribution in [-0.4, -0.2) is 27.1 Å². The van der Waals surface area contributed by atoms with Crippen LogP contribution in [0.15, 0.2) is 69.5 Å². The molecule has 126 valence electrons. The van der Waals surface area contributed by atoms with E-state index in [9.17, 15) is 0 Å². The average molecular weight is 337 g/mol. The molecule has 0 bridgehead atoms. The summed E-state index contributed by atoms with van der Waals surface area (Å²) in [4.78, 5) is 4.41. The van der Waals surface area contributed by atoms with Crippen LogP contribution in [0.2, 0.25) is 0 Å². The van der Waals surface area contributed by atoms with Crippen LogP contribution >= 0.6 is 0 Å². The molecule has 0 amide bonds. The number of rotatable bonds is 4. The smallest absolute Gasteiger partial charge is 0.205 e. The number of nitrogens with two attached hydrogens (primary N) is 2. The van der Waals surface area contributed by atoms with Gasteiger partial charge in [-0.3, -0.25) is 4.98 Å². The number of pyridine rings is 1. The Morgan fingerprint density at radius 1 is 0.840 bits per heavy atom. The molecular formula is C17H15N5O3. The molecule has 0 unspecified atom stereocenters.